The molecule has 0 spiro atoms. The highest BCUT2D eigenvalue weighted by Crippen LogP contribution is 2.43. The summed E-state index contributed by atoms with van der Waals surface area (Å²) >= 11 is 0. The SMILES string of the molecule is COC1CC(N2C(=O)c3oc4cc(C(=O)NC5CCC5)ccc4c3OCC2(C)C(=O)N2Cc3ccc(F)cc3O2)C1. The highest BCUT2D eigenvalue weighted by atomic mass is 19.1. The fourth-order valence-electron chi connectivity index (χ4n) is 6.04. The molecule has 214 valence electrons. The minimum atomic E-state index is -1.46. The van der Waals surface area contributed by atoms with Crippen molar-refractivity contribution < 1.29 is 37.5 Å². The smallest absolute Gasteiger partial charge is 0.294 e. The van der Waals surface area contributed by atoms with Gasteiger partial charge in [-0.15, -0.1) is 0 Å². The molecule has 7 rings (SSSR count). The van der Waals surface area contributed by atoms with E-state index in [1.807, 2.05) is 0 Å². The van der Waals surface area contributed by atoms with E-state index in [1.54, 1.807) is 38.3 Å². The average molecular weight is 564 g/mol. The molecule has 11 heteroatoms. The van der Waals surface area contributed by atoms with Gasteiger partial charge in [0.05, 0.1) is 18.0 Å². The van der Waals surface area contributed by atoms with Gasteiger partial charge in [-0.1, -0.05) is 6.07 Å². The second-order valence-electron chi connectivity index (χ2n) is 11.5. The van der Waals surface area contributed by atoms with E-state index in [-0.39, 0.29) is 54.5 Å². The first-order valence-electron chi connectivity index (χ1n) is 13.9. The molecule has 0 bridgehead atoms. The zero-order chi connectivity index (χ0) is 28.5. The molecule has 0 radical (unpaired) electrons. The molecule has 41 heavy (non-hydrogen) atoms. The van der Waals surface area contributed by atoms with E-state index in [0.717, 1.165) is 24.3 Å². The van der Waals surface area contributed by atoms with Gasteiger partial charge in [-0.05, 0) is 63.3 Å². The molecule has 2 aliphatic heterocycles. The van der Waals surface area contributed by atoms with Crippen LogP contribution in [0, 0.1) is 5.82 Å². The van der Waals surface area contributed by atoms with Crippen molar-refractivity contribution in [2.45, 2.75) is 69.3 Å². The quantitative estimate of drug-likeness (QED) is 0.500. The molecular formula is C30H30FN3O7. The lowest BCUT2D eigenvalue weighted by Gasteiger charge is -2.48. The van der Waals surface area contributed by atoms with E-state index < -0.39 is 23.2 Å². The van der Waals surface area contributed by atoms with Crippen molar-refractivity contribution in [1.29, 1.82) is 0 Å². The molecule has 3 amide bonds. The van der Waals surface area contributed by atoms with Crippen LogP contribution in [0.25, 0.3) is 11.0 Å². The highest BCUT2D eigenvalue weighted by Gasteiger charge is 2.55. The maximum Gasteiger partial charge on any atom is 0.294 e. The Labute approximate surface area is 235 Å². The molecule has 2 saturated carbocycles. The van der Waals surface area contributed by atoms with Crippen molar-refractivity contribution >= 4 is 28.7 Å². The Hall–Kier alpha value is -4.12. The zero-order valence-corrected chi connectivity index (χ0v) is 22.8. The molecule has 0 saturated heterocycles. The lowest BCUT2D eigenvalue weighted by Crippen LogP contribution is -2.67. The van der Waals surface area contributed by atoms with E-state index in [9.17, 15) is 18.8 Å². The van der Waals surface area contributed by atoms with Crippen LogP contribution in [0.5, 0.6) is 11.5 Å². The Bertz CT molecular complexity index is 1580. The van der Waals surface area contributed by atoms with Crippen LogP contribution in [0.1, 0.15) is 65.5 Å². The predicted octanol–water partition coefficient (Wildman–Crippen LogP) is 3.96. The molecule has 2 aromatic carbocycles. The Balaban J connectivity index is 1.22. The number of hydrogen-bond donors (Lipinski definition) is 1. The van der Waals surface area contributed by atoms with Crippen molar-refractivity contribution in [1.82, 2.24) is 15.3 Å². The maximum atomic E-state index is 14.2. The highest BCUT2D eigenvalue weighted by molar-refractivity contribution is 6.06. The number of ether oxygens (including phenoxy) is 2. The number of halogens is 1. The summed E-state index contributed by atoms with van der Waals surface area (Å²) in [5.41, 5.74) is -0.0174. The van der Waals surface area contributed by atoms with E-state index >= 15 is 0 Å². The molecule has 3 heterocycles. The standard InChI is InChI=1S/C30H30FN3O7/c1-30(29(37)33-14-17-6-8-18(31)11-23(17)41-33)15-39-25-22-9-7-16(27(35)32-19-4-3-5-19)10-24(22)40-26(25)28(36)34(30)20-12-21(13-20)38-2/h6-11,19-21H,3-5,12-15H2,1-2H3,(H,32,35). The van der Waals surface area contributed by atoms with Crippen molar-refractivity contribution in [3.8, 4) is 11.5 Å². The topological polar surface area (TPSA) is 111 Å². The van der Waals surface area contributed by atoms with Gasteiger partial charge in [0.2, 0.25) is 5.76 Å². The number of furan rings is 1. The summed E-state index contributed by atoms with van der Waals surface area (Å²) in [7, 11) is 1.61. The number of benzene rings is 2. The third kappa shape index (κ3) is 4.13. The minimum Gasteiger partial charge on any atom is -0.486 e. The number of carbonyl (C=O) groups is 3. The summed E-state index contributed by atoms with van der Waals surface area (Å²) in [6.45, 7) is 1.59. The van der Waals surface area contributed by atoms with Gasteiger partial charge in [0.25, 0.3) is 17.7 Å². The van der Waals surface area contributed by atoms with E-state index in [2.05, 4.69) is 5.32 Å². The second kappa shape index (κ2) is 9.47. The number of amides is 3. The average Bonchev–Trinajstić information content (AvgIpc) is 3.48. The van der Waals surface area contributed by atoms with Crippen LogP contribution in [0.3, 0.4) is 0 Å². The summed E-state index contributed by atoms with van der Waals surface area (Å²) in [6.07, 6.45) is 4.08. The summed E-state index contributed by atoms with van der Waals surface area (Å²) in [5, 5.41) is 4.70. The second-order valence-corrected chi connectivity index (χ2v) is 11.5. The van der Waals surface area contributed by atoms with Crippen LogP contribution < -0.4 is 14.9 Å². The fourth-order valence-corrected chi connectivity index (χ4v) is 6.04. The van der Waals surface area contributed by atoms with Gasteiger partial charge in [0.1, 0.15) is 18.0 Å². The Morgan fingerprint density at radius 3 is 2.68 bits per heavy atom. The van der Waals surface area contributed by atoms with Gasteiger partial charge in [0, 0.05) is 36.4 Å². The number of hydrogen-bond acceptors (Lipinski definition) is 7. The monoisotopic (exact) mass is 563 g/mol. The van der Waals surface area contributed by atoms with E-state index in [0.29, 0.717) is 34.9 Å². The van der Waals surface area contributed by atoms with E-state index in [4.69, 9.17) is 18.7 Å². The Morgan fingerprint density at radius 2 is 1.95 bits per heavy atom. The number of fused-ring (bicyclic) bond motifs is 4. The summed E-state index contributed by atoms with van der Waals surface area (Å²) in [6, 6.07) is 8.98. The third-order valence-electron chi connectivity index (χ3n) is 8.80. The van der Waals surface area contributed by atoms with Gasteiger partial charge < -0.3 is 28.9 Å². The van der Waals surface area contributed by atoms with Crippen LogP contribution in [-0.2, 0) is 16.1 Å². The summed E-state index contributed by atoms with van der Waals surface area (Å²) < 4.78 is 31.5. The number of hydroxylamine groups is 2. The van der Waals surface area contributed by atoms with Crippen molar-refractivity contribution in [2.75, 3.05) is 13.7 Å². The van der Waals surface area contributed by atoms with Crippen molar-refractivity contribution in [3.05, 3.63) is 59.1 Å². The van der Waals surface area contributed by atoms with Crippen molar-refractivity contribution in [2.24, 2.45) is 0 Å². The Kier molecular flexibility index (Phi) is 5.97. The first kappa shape index (κ1) is 25.8. The van der Waals surface area contributed by atoms with E-state index in [1.165, 1.54) is 17.0 Å². The van der Waals surface area contributed by atoms with Gasteiger partial charge in [-0.2, -0.15) is 5.06 Å². The molecule has 1 aromatic heterocycles. The van der Waals surface area contributed by atoms with Gasteiger partial charge in [-0.25, -0.2) is 4.39 Å². The molecule has 2 aliphatic carbocycles. The molecular weight excluding hydrogens is 533 g/mol. The third-order valence-corrected chi connectivity index (χ3v) is 8.80. The fraction of sp³-hybridized carbons (Fsp3) is 0.433. The molecule has 1 atom stereocenters. The minimum absolute atomic E-state index is 0.0263. The molecule has 1 N–H and O–H groups in total. The Morgan fingerprint density at radius 1 is 1.15 bits per heavy atom. The number of carbonyl (C=O) groups excluding carboxylic acids is 3. The molecule has 1 unspecified atom stereocenters. The van der Waals surface area contributed by atoms with Crippen LogP contribution in [0.4, 0.5) is 4.39 Å². The zero-order valence-electron chi connectivity index (χ0n) is 22.8. The number of methoxy groups -OCH3 is 1. The van der Waals surface area contributed by atoms with Gasteiger partial charge >= 0.3 is 0 Å². The van der Waals surface area contributed by atoms with Gasteiger partial charge in [0.15, 0.2) is 17.0 Å². The molecule has 2 fully saturated rings. The first-order chi connectivity index (χ1) is 19.7. The van der Waals surface area contributed by atoms with Crippen molar-refractivity contribution in [3.63, 3.8) is 0 Å². The lowest BCUT2D eigenvalue weighted by molar-refractivity contribution is -0.172. The maximum absolute atomic E-state index is 14.2. The summed E-state index contributed by atoms with van der Waals surface area (Å²) in [5.74, 6) is -1.19. The molecule has 4 aliphatic rings. The summed E-state index contributed by atoms with van der Waals surface area (Å²) in [4.78, 5) is 48.3. The number of nitrogens with one attached hydrogen (secondary N) is 1. The number of rotatable bonds is 5. The lowest BCUT2D eigenvalue weighted by atomic mass is 9.83. The number of nitrogens with zero attached hydrogens (tertiary/aromatic N) is 2. The van der Waals surface area contributed by atoms with Crippen LogP contribution in [0.2, 0.25) is 0 Å². The predicted molar refractivity (Wildman–Crippen MR) is 143 cm³/mol. The molecule has 3 aromatic rings. The van der Waals surface area contributed by atoms with Crippen LogP contribution >= 0.6 is 0 Å². The van der Waals surface area contributed by atoms with Crippen LogP contribution in [0.15, 0.2) is 40.8 Å². The van der Waals surface area contributed by atoms with Crippen LogP contribution in [-0.4, -0.2) is 65.1 Å². The van der Waals surface area contributed by atoms with Gasteiger partial charge in [-0.3, -0.25) is 14.4 Å². The first-order valence-corrected chi connectivity index (χ1v) is 13.9. The normalized spacial score (nSPS) is 25.4. The molecule has 10 nitrogen and oxygen atoms in total. The largest absolute Gasteiger partial charge is 0.486 e.